The Morgan fingerprint density at radius 1 is 1.28 bits per heavy atom. The van der Waals surface area contributed by atoms with Gasteiger partial charge in [-0.15, -0.1) is 0 Å². The normalized spacial score (nSPS) is 22.8. The molecule has 0 bridgehead atoms. The highest BCUT2D eigenvalue weighted by Crippen LogP contribution is 2.43. The van der Waals surface area contributed by atoms with Gasteiger partial charge < -0.3 is 5.73 Å². The number of anilines is 1. The summed E-state index contributed by atoms with van der Waals surface area (Å²) in [5, 5.41) is 1.89. The van der Waals surface area contributed by atoms with Gasteiger partial charge in [0.2, 0.25) is 11.8 Å². The van der Waals surface area contributed by atoms with Crippen molar-refractivity contribution in [2.45, 2.75) is 24.0 Å². The second-order valence-corrected chi connectivity index (χ2v) is 7.30. The third-order valence-corrected chi connectivity index (χ3v) is 5.49. The van der Waals surface area contributed by atoms with E-state index in [-0.39, 0.29) is 17.3 Å². The predicted octanol–water partition coefficient (Wildman–Crippen LogP) is -4.45. The van der Waals surface area contributed by atoms with E-state index < -0.39 is 17.2 Å². The summed E-state index contributed by atoms with van der Waals surface area (Å²) < 4.78 is 1.37. The molecular formula is C14H18B4N4O3. The summed E-state index contributed by atoms with van der Waals surface area (Å²) in [4.78, 5) is 42.3. The third-order valence-electron chi connectivity index (χ3n) is 5.49. The lowest BCUT2D eigenvalue weighted by Gasteiger charge is -2.41. The van der Waals surface area contributed by atoms with Crippen molar-refractivity contribution in [1.82, 2.24) is 14.9 Å². The maximum absolute atomic E-state index is 13.2. The van der Waals surface area contributed by atoms with Crippen LogP contribution < -0.4 is 22.1 Å². The van der Waals surface area contributed by atoms with Crippen molar-refractivity contribution < 1.29 is 9.59 Å². The average molecular weight is 334 g/mol. The summed E-state index contributed by atoms with van der Waals surface area (Å²) in [7, 11) is 7.15. The van der Waals surface area contributed by atoms with Crippen LogP contribution >= 0.6 is 0 Å². The Balaban J connectivity index is 2.32. The maximum atomic E-state index is 13.2. The molecule has 2 atom stereocenters. The van der Waals surface area contributed by atoms with Crippen LogP contribution in [0, 0.1) is 6.92 Å². The number of imide groups is 1. The van der Waals surface area contributed by atoms with E-state index in [1.54, 1.807) is 36.5 Å². The summed E-state index contributed by atoms with van der Waals surface area (Å²) in [5.41, 5.74) is 7.39. The van der Waals surface area contributed by atoms with Gasteiger partial charge >= 0.3 is 0 Å². The summed E-state index contributed by atoms with van der Waals surface area (Å²) >= 11 is 0. The van der Waals surface area contributed by atoms with Crippen molar-refractivity contribution in [1.29, 1.82) is 0 Å². The lowest BCUT2D eigenvalue weighted by molar-refractivity contribution is -0.136. The summed E-state index contributed by atoms with van der Waals surface area (Å²) in [6.07, 6.45) is 0. The van der Waals surface area contributed by atoms with E-state index in [1.807, 2.05) is 13.9 Å². The summed E-state index contributed by atoms with van der Waals surface area (Å²) in [6.45, 7) is 1.68. The zero-order chi connectivity index (χ0) is 18.7. The molecule has 1 aromatic carbocycles. The van der Waals surface area contributed by atoms with E-state index >= 15 is 0 Å². The molecule has 7 nitrogen and oxygen atoms in total. The SMILES string of the molecule is Bc1ccc2nc(C)n(C3C(=O)NC(=O)C(B)(B)C3B)c(=O)c2c1N. The van der Waals surface area contributed by atoms with Crippen LogP contribution in [0.15, 0.2) is 16.9 Å². The highest BCUT2D eigenvalue weighted by atomic mass is 16.2. The van der Waals surface area contributed by atoms with Crippen LogP contribution in [0.4, 0.5) is 5.69 Å². The van der Waals surface area contributed by atoms with Gasteiger partial charge in [-0.1, -0.05) is 11.5 Å². The first-order chi connectivity index (χ1) is 11.6. The first-order valence-corrected chi connectivity index (χ1v) is 8.20. The second kappa shape index (κ2) is 5.54. The molecule has 25 heavy (non-hydrogen) atoms. The van der Waals surface area contributed by atoms with Crippen LogP contribution in [0.25, 0.3) is 10.9 Å². The third kappa shape index (κ3) is 2.41. The molecule has 0 radical (unpaired) electrons. The molecule has 124 valence electrons. The van der Waals surface area contributed by atoms with Gasteiger partial charge in [0, 0.05) is 5.69 Å². The van der Waals surface area contributed by atoms with Gasteiger partial charge in [0.05, 0.1) is 10.9 Å². The largest absolute Gasteiger partial charge is 0.398 e. The van der Waals surface area contributed by atoms with Gasteiger partial charge in [-0.3, -0.25) is 24.3 Å². The van der Waals surface area contributed by atoms with E-state index in [4.69, 9.17) is 5.73 Å². The Kier molecular flexibility index (Phi) is 3.85. The maximum Gasteiger partial charge on any atom is 0.264 e. The quantitative estimate of drug-likeness (QED) is 0.311. The zero-order valence-corrected chi connectivity index (χ0v) is 15.0. The molecule has 2 aromatic rings. The van der Waals surface area contributed by atoms with Crippen LogP contribution in [-0.4, -0.2) is 52.8 Å². The van der Waals surface area contributed by atoms with Gasteiger partial charge in [0.25, 0.3) is 5.56 Å². The Morgan fingerprint density at radius 3 is 2.56 bits per heavy atom. The molecule has 2 heterocycles. The van der Waals surface area contributed by atoms with Crippen molar-refractivity contribution >= 4 is 65.3 Å². The number of piperidine rings is 1. The van der Waals surface area contributed by atoms with Crippen LogP contribution in [0.1, 0.15) is 11.9 Å². The molecule has 1 aromatic heterocycles. The second-order valence-electron chi connectivity index (χ2n) is 7.30. The topological polar surface area (TPSA) is 107 Å². The standard InChI is InChI=1S/C14H18B4N4O3/c1-4-20-6-3-2-5(15)8(19)7(6)12(24)22(4)9-10(16)14(17,18)13(25)21-11(9)23/h2-3,9-10H,15-19H2,1H3,(H,21,23,25). The van der Waals surface area contributed by atoms with E-state index in [2.05, 4.69) is 10.3 Å². The number of nitrogens with zero attached hydrogens (tertiary/aromatic N) is 2. The summed E-state index contributed by atoms with van der Waals surface area (Å²) in [5.74, 6) is -0.793. The Bertz CT molecular complexity index is 988. The average Bonchev–Trinajstić information content (AvgIpc) is 2.52. The molecule has 0 aliphatic carbocycles. The van der Waals surface area contributed by atoms with Crippen molar-refractivity contribution in [3.63, 3.8) is 0 Å². The summed E-state index contributed by atoms with van der Waals surface area (Å²) in [6, 6.07) is 2.74. The minimum atomic E-state index is -0.822. The van der Waals surface area contributed by atoms with Gasteiger partial charge in [-0.25, -0.2) is 4.98 Å². The molecule has 1 aliphatic rings. The number of hydrogen-bond donors (Lipinski definition) is 2. The van der Waals surface area contributed by atoms with Crippen molar-refractivity contribution in [3.8, 4) is 0 Å². The fourth-order valence-electron chi connectivity index (χ4n) is 3.37. The minimum Gasteiger partial charge on any atom is -0.398 e. The Morgan fingerprint density at radius 2 is 1.92 bits per heavy atom. The molecule has 0 saturated carbocycles. The minimum absolute atomic E-state index is 0.306. The van der Waals surface area contributed by atoms with Crippen molar-refractivity contribution in [2.75, 3.05) is 5.73 Å². The predicted molar refractivity (Wildman–Crippen MR) is 108 cm³/mol. The molecule has 1 aliphatic heterocycles. The van der Waals surface area contributed by atoms with E-state index in [9.17, 15) is 14.4 Å². The fourth-order valence-corrected chi connectivity index (χ4v) is 3.37. The smallest absolute Gasteiger partial charge is 0.264 e. The number of carbonyl (C=O) groups excluding carboxylic acids is 2. The number of nitrogen functional groups attached to an aromatic ring is 1. The highest BCUT2D eigenvalue weighted by Gasteiger charge is 2.47. The number of carbonyl (C=O) groups is 2. The number of nitrogens with two attached hydrogens (primary N) is 1. The highest BCUT2D eigenvalue weighted by molar-refractivity contribution is 6.55. The first-order valence-electron chi connectivity index (χ1n) is 8.20. The number of benzene rings is 1. The molecule has 1 saturated heterocycles. The monoisotopic (exact) mass is 334 g/mol. The van der Waals surface area contributed by atoms with Crippen LogP contribution in [0.5, 0.6) is 0 Å². The van der Waals surface area contributed by atoms with Gasteiger partial charge in [-0.2, -0.15) is 0 Å². The fraction of sp³-hybridized carbons (Fsp3) is 0.286. The number of aromatic nitrogens is 2. The van der Waals surface area contributed by atoms with Crippen molar-refractivity contribution in [3.05, 3.63) is 28.3 Å². The van der Waals surface area contributed by atoms with Crippen LogP contribution in [0.3, 0.4) is 0 Å². The lowest BCUT2D eigenvalue weighted by Crippen LogP contribution is -2.55. The molecule has 3 N–H and O–H groups in total. The molecule has 2 amide bonds. The number of hydrogen-bond acceptors (Lipinski definition) is 5. The Hall–Kier alpha value is -2.44. The molecular weight excluding hydrogens is 315 g/mol. The number of nitrogens with one attached hydrogen (secondary N) is 1. The number of aryl methyl sites for hydroxylation is 1. The van der Waals surface area contributed by atoms with E-state index in [0.29, 0.717) is 22.4 Å². The molecule has 2 unspecified atom stereocenters. The lowest BCUT2D eigenvalue weighted by atomic mass is 9.40. The van der Waals surface area contributed by atoms with Gasteiger partial charge in [0.1, 0.15) is 43.3 Å². The van der Waals surface area contributed by atoms with Gasteiger partial charge in [-0.05, 0) is 24.0 Å². The first kappa shape index (κ1) is 17.4. The number of rotatable bonds is 1. The van der Waals surface area contributed by atoms with Gasteiger partial charge in [0.15, 0.2) is 0 Å². The zero-order valence-electron chi connectivity index (χ0n) is 15.0. The number of fused-ring (bicyclic) bond motifs is 1. The van der Waals surface area contributed by atoms with E-state index in [1.165, 1.54) is 4.57 Å². The van der Waals surface area contributed by atoms with Crippen LogP contribution in [-0.2, 0) is 9.59 Å². The van der Waals surface area contributed by atoms with E-state index in [0.717, 1.165) is 5.46 Å². The molecule has 11 heteroatoms. The van der Waals surface area contributed by atoms with Crippen molar-refractivity contribution in [2.24, 2.45) is 0 Å². The molecule has 1 fully saturated rings. The van der Waals surface area contributed by atoms with Crippen LogP contribution in [0.2, 0.25) is 11.0 Å². The number of amides is 2. The molecule has 3 rings (SSSR count). The molecule has 0 spiro atoms. The Labute approximate surface area is 148 Å².